The quantitative estimate of drug-likeness (QED) is 0.447. The van der Waals surface area contributed by atoms with Crippen LogP contribution < -0.4 is 4.74 Å². The fourth-order valence-corrected chi connectivity index (χ4v) is 3.64. The monoisotopic (exact) mass is 405 g/mol. The smallest absolute Gasteiger partial charge is 0.338 e. The van der Waals surface area contributed by atoms with Gasteiger partial charge in [-0.3, -0.25) is 0 Å². The number of thiazole rings is 1. The van der Waals surface area contributed by atoms with Gasteiger partial charge in [-0.1, -0.05) is 12.1 Å². The molecule has 0 aliphatic heterocycles. The summed E-state index contributed by atoms with van der Waals surface area (Å²) in [7, 11) is 1.63. The zero-order valence-corrected chi connectivity index (χ0v) is 17.1. The topological polar surface area (TPSA) is 74.2 Å². The number of esters is 1. The number of carbonyl (C=O) groups excluding carboxylic acids is 1. The highest BCUT2D eigenvalue weighted by Gasteiger charge is 2.12. The molecule has 6 nitrogen and oxygen atoms in total. The lowest BCUT2D eigenvalue weighted by molar-refractivity contribution is 0.0468. The standard InChI is InChI=1S/C22H19N3O3S/c1-13-14(2)24-20-10-16(7-8-19(20)23-13)22(26)28-11-17-12-29-21(25-17)15-5-4-6-18(9-15)27-3/h4-10,12H,11H2,1-3H3. The molecule has 2 aromatic carbocycles. The molecule has 146 valence electrons. The van der Waals surface area contributed by atoms with E-state index in [1.807, 2.05) is 43.5 Å². The lowest BCUT2D eigenvalue weighted by Gasteiger charge is -2.06. The van der Waals surface area contributed by atoms with E-state index in [1.165, 1.54) is 11.3 Å². The van der Waals surface area contributed by atoms with E-state index in [0.29, 0.717) is 16.8 Å². The molecule has 0 saturated heterocycles. The Morgan fingerprint density at radius 3 is 2.59 bits per heavy atom. The molecule has 29 heavy (non-hydrogen) atoms. The van der Waals surface area contributed by atoms with Crippen LogP contribution in [-0.2, 0) is 11.3 Å². The van der Waals surface area contributed by atoms with Crippen LogP contribution in [-0.4, -0.2) is 28.0 Å². The number of methoxy groups -OCH3 is 1. The molecule has 0 spiro atoms. The number of carbonyl (C=O) groups is 1. The Bertz CT molecular complexity index is 1200. The van der Waals surface area contributed by atoms with Gasteiger partial charge >= 0.3 is 5.97 Å². The maximum absolute atomic E-state index is 12.5. The highest BCUT2D eigenvalue weighted by atomic mass is 32.1. The SMILES string of the molecule is COc1cccc(-c2nc(COC(=O)c3ccc4nc(C)c(C)nc4c3)cs2)c1. The molecule has 0 N–H and O–H groups in total. The maximum atomic E-state index is 12.5. The molecule has 0 bridgehead atoms. The lowest BCUT2D eigenvalue weighted by Crippen LogP contribution is -2.06. The van der Waals surface area contributed by atoms with Crippen LogP contribution in [0, 0.1) is 13.8 Å². The zero-order valence-electron chi connectivity index (χ0n) is 16.3. The van der Waals surface area contributed by atoms with E-state index in [1.54, 1.807) is 25.3 Å². The number of ether oxygens (including phenoxy) is 2. The Hall–Kier alpha value is -3.32. The molecule has 0 unspecified atom stereocenters. The summed E-state index contributed by atoms with van der Waals surface area (Å²) in [5.41, 5.74) is 5.26. The van der Waals surface area contributed by atoms with Crippen molar-refractivity contribution >= 4 is 28.3 Å². The molecule has 0 amide bonds. The summed E-state index contributed by atoms with van der Waals surface area (Å²) in [5, 5.41) is 2.74. The number of fused-ring (bicyclic) bond motifs is 1. The predicted molar refractivity (Wildman–Crippen MR) is 112 cm³/mol. The molecule has 2 heterocycles. The van der Waals surface area contributed by atoms with Crippen LogP contribution >= 0.6 is 11.3 Å². The number of benzene rings is 2. The first-order valence-corrected chi connectivity index (χ1v) is 9.92. The third-order valence-electron chi connectivity index (χ3n) is 4.53. The van der Waals surface area contributed by atoms with Crippen molar-refractivity contribution in [2.75, 3.05) is 7.11 Å². The summed E-state index contributed by atoms with van der Waals surface area (Å²) in [6, 6.07) is 12.9. The van der Waals surface area contributed by atoms with Crippen LogP contribution in [0.1, 0.15) is 27.4 Å². The van der Waals surface area contributed by atoms with Crippen LogP contribution in [0.15, 0.2) is 47.8 Å². The van der Waals surface area contributed by atoms with Gasteiger partial charge in [-0.15, -0.1) is 11.3 Å². The van der Waals surface area contributed by atoms with Gasteiger partial charge in [0.15, 0.2) is 0 Å². The number of nitrogens with zero attached hydrogens (tertiary/aromatic N) is 3. The van der Waals surface area contributed by atoms with Crippen molar-refractivity contribution in [3.63, 3.8) is 0 Å². The highest BCUT2D eigenvalue weighted by molar-refractivity contribution is 7.13. The number of aryl methyl sites for hydroxylation is 2. The van der Waals surface area contributed by atoms with Crippen LogP contribution in [0.2, 0.25) is 0 Å². The van der Waals surface area contributed by atoms with Crippen molar-refractivity contribution in [2.24, 2.45) is 0 Å². The Balaban J connectivity index is 1.46. The molecule has 0 aliphatic rings. The van der Waals surface area contributed by atoms with Crippen LogP contribution in [0.4, 0.5) is 0 Å². The first-order chi connectivity index (χ1) is 14.0. The first-order valence-electron chi connectivity index (χ1n) is 9.04. The second-order valence-electron chi connectivity index (χ2n) is 6.55. The second kappa shape index (κ2) is 7.97. The number of hydrogen-bond donors (Lipinski definition) is 0. The van der Waals surface area contributed by atoms with E-state index in [9.17, 15) is 4.79 Å². The minimum atomic E-state index is -0.414. The van der Waals surface area contributed by atoms with Gasteiger partial charge in [-0.25, -0.2) is 19.7 Å². The molecular weight excluding hydrogens is 386 g/mol. The van der Waals surface area contributed by atoms with Crippen LogP contribution in [0.5, 0.6) is 5.75 Å². The molecule has 0 radical (unpaired) electrons. The molecule has 0 saturated carbocycles. The maximum Gasteiger partial charge on any atom is 0.338 e. The number of aromatic nitrogens is 3. The van der Waals surface area contributed by atoms with Gasteiger partial charge in [0, 0.05) is 10.9 Å². The van der Waals surface area contributed by atoms with Gasteiger partial charge in [-0.2, -0.15) is 0 Å². The van der Waals surface area contributed by atoms with E-state index in [2.05, 4.69) is 15.0 Å². The average Bonchev–Trinajstić information content (AvgIpc) is 3.21. The van der Waals surface area contributed by atoms with Crippen molar-refractivity contribution < 1.29 is 14.3 Å². The van der Waals surface area contributed by atoms with E-state index >= 15 is 0 Å². The third-order valence-corrected chi connectivity index (χ3v) is 5.47. The van der Waals surface area contributed by atoms with Gasteiger partial charge in [-0.05, 0) is 44.2 Å². The molecule has 7 heteroatoms. The fraction of sp³-hybridized carbons (Fsp3) is 0.182. The molecule has 0 fully saturated rings. The molecular formula is C22H19N3O3S. The molecule has 0 atom stereocenters. The Morgan fingerprint density at radius 1 is 1.00 bits per heavy atom. The van der Waals surface area contributed by atoms with E-state index in [-0.39, 0.29) is 6.61 Å². The van der Waals surface area contributed by atoms with Crippen molar-refractivity contribution in [3.05, 3.63) is 70.5 Å². The molecule has 4 rings (SSSR count). The Labute approximate surface area is 172 Å². The molecule has 2 aromatic heterocycles. The van der Waals surface area contributed by atoms with Crippen molar-refractivity contribution in [2.45, 2.75) is 20.5 Å². The minimum Gasteiger partial charge on any atom is -0.497 e. The lowest BCUT2D eigenvalue weighted by atomic mass is 10.2. The van der Waals surface area contributed by atoms with Crippen molar-refractivity contribution in [3.8, 4) is 16.3 Å². The van der Waals surface area contributed by atoms with Crippen LogP contribution in [0.3, 0.4) is 0 Å². The molecule has 0 aliphatic carbocycles. The summed E-state index contributed by atoms with van der Waals surface area (Å²) < 4.78 is 10.7. The zero-order chi connectivity index (χ0) is 20.4. The number of rotatable bonds is 5. The molecule has 4 aromatic rings. The minimum absolute atomic E-state index is 0.107. The van der Waals surface area contributed by atoms with Gasteiger partial charge in [0.1, 0.15) is 17.4 Å². The summed E-state index contributed by atoms with van der Waals surface area (Å²) in [5.74, 6) is 0.360. The van der Waals surface area contributed by atoms with Crippen molar-refractivity contribution in [1.82, 2.24) is 15.0 Å². The Morgan fingerprint density at radius 2 is 1.79 bits per heavy atom. The van der Waals surface area contributed by atoms with E-state index in [4.69, 9.17) is 9.47 Å². The van der Waals surface area contributed by atoms with Gasteiger partial charge in [0.2, 0.25) is 0 Å². The van der Waals surface area contributed by atoms with Gasteiger partial charge in [0.05, 0.1) is 40.8 Å². The largest absolute Gasteiger partial charge is 0.497 e. The normalized spacial score (nSPS) is 10.9. The average molecular weight is 405 g/mol. The number of hydrogen-bond acceptors (Lipinski definition) is 7. The van der Waals surface area contributed by atoms with E-state index < -0.39 is 5.97 Å². The first kappa shape index (κ1) is 19.0. The predicted octanol–water partition coefficient (Wildman–Crippen LogP) is 4.74. The Kier molecular flexibility index (Phi) is 5.22. The van der Waals surface area contributed by atoms with E-state index in [0.717, 1.165) is 33.2 Å². The summed E-state index contributed by atoms with van der Waals surface area (Å²) >= 11 is 1.50. The van der Waals surface area contributed by atoms with Crippen molar-refractivity contribution in [1.29, 1.82) is 0 Å². The summed E-state index contributed by atoms with van der Waals surface area (Å²) in [6.45, 7) is 3.92. The second-order valence-corrected chi connectivity index (χ2v) is 7.41. The highest BCUT2D eigenvalue weighted by Crippen LogP contribution is 2.27. The van der Waals surface area contributed by atoms with Gasteiger partial charge in [0.25, 0.3) is 0 Å². The van der Waals surface area contributed by atoms with Crippen LogP contribution in [0.25, 0.3) is 21.6 Å². The summed E-state index contributed by atoms with van der Waals surface area (Å²) in [4.78, 5) is 26.0. The van der Waals surface area contributed by atoms with Gasteiger partial charge < -0.3 is 9.47 Å². The fourth-order valence-electron chi connectivity index (χ4n) is 2.84. The third kappa shape index (κ3) is 4.09. The summed E-state index contributed by atoms with van der Waals surface area (Å²) in [6.07, 6.45) is 0.